The lowest BCUT2D eigenvalue weighted by Crippen LogP contribution is -2.58. The lowest BCUT2D eigenvalue weighted by atomic mass is 10.0. The van der Waals surface area contributed by atoms with Crippen molar-refractivity contribution in [3.63, 3.8) is 0 Å². The van der Waals surface area contributed by atoms with Crippen molar-refractivity contribution in [3.8, 4) is 0 Å². The van der Waals surface area contributed by atoms with E-state index in [9.17, 15) is 29.1 Å². The minimum absolute atomic E-state index is 0.0541. The van der Waals surface area contributed by atoms with E-state index in [1.54, 1.807) is 6.20 Å². The topological polar surface area (TPSA) is 204 Å². The molecule has 0 spiro atoms. The molecule has 0 bridgehead atoms. The summed E-state index contributed by atoms with van der Waals surface area (Å²) in [5, 5.41) is 26.6. The first-order valence-corrected chi connectivity index (χ1v) is 13.9. The Morgan fingerprint density at radius 3 is 2.24 bits per heavy atom. The van der Waals surface area contributed by atoms with E-state index in [4.69, 9.17) is 10.8 Å². The van der Waals surface area contributed by atoms with Gasteiger partial charge < -0.3 is 36.9 Å². The van der Waals surface area contributed by atoms with Crippen LogP contribution in [0.4, 0.5) is 0 Å². The van der Waals surface area contributed by atoms with Crippen molar-refractivity contribution in [2.45, 2.75) is 49.9 Å². The zero-order valence-corrected chi connectivity index (χ0v) is 22.5. The SMILES string of the molecule is CSCCC(NC(=O)C(Cc1c[nH]c2ccccc12)NC(=O)C(N)CCC(=O)O)C(=O)NC(CS)C(=O)O. The number of hydrogen-bond donors (Lipinski definition) is 8. The Morgan fingerprint density at radius 2 is 1.61 bits per heavy atom. The summed E-state index contributed by atoms with van der Waals surface area (Å²) in [5.41, 5.74) is 7.41. The average molecular weight is 568 g/mol. The second kappa shape index (κ2) is 15.2. The lowest BCUT2D eigenvalue weighted by molar-refractivity contribution is -0.141. The number of para-hydroxylation sites is 1. The van der Waals surface area contributed by atoms with Gasteiger partial charge in [0.1, 0.15) is 18.1 Å². The molecule has 0 aliphatic carbocycles. The number of aromatic nitrogens is 1. The first-order valence-electron chi connectivity index (χ1n) is 11.8. The number of aliphatic carboxylic acids is 2. The van der Waals surface area contributed by atoms with Gasteiger partial charge in [-0.2, -0.15) is 24.4 Å². The third kappa shape index (κ3) is 9.26. The van der Waals surface area contributed by atoms with Crippen LogP contribution in [0.1, 0.15) is 24.8 Å². The van der Waals surface area contributed by atoms with E-state index in [1.807, 2.05) is 30.5 Å². The van der Waals surface area contributed by atoms with Crippen molar-refractivity contribution < 1.29 is 34.2 Å². The fourth-order valence-corrected chi connectivity index (χ4v) is 4.37. The van der Waals surface area contributed by atoms with Crippen molar-refractivity contribution in [2.24, 2.45) is 5.73 Å². The highest BCUT2D eigenvalue weighted by molar-refractivity contribution is 7.98. The maximum atomic E-state index is 13.4. The maximum Gasteiger partial charge on any atom is 0.327 e. The van der Waals surface area contributed by atoms with E-state index < -0.39 is 53.8 Å². The van der Waals surface area contributed by atoms with Crippen LogP contribution in [0.5, 0.6) is 0 Å². The fraction of sp³-hybridized carbons (Fsp3) is 0.458. The van der Waals surface area contributed by atoms with Gasteiger partial charge in [-0.15, -0.1) is 0 Å². The van der Waals surface area contributed by atoms with Gasteiger partial charge in [0.15, 0.2) is 0 Å². The quantitative estimate of drug-likeness (QED) is 0.130. The maximum absolute atomic E-state index is 13.4. The predicted octanol–water partition coefficient (Wildman–Crippen LogP) is 0.124. The van der Waals surface area contributed by atoms with Crippen LogP contribution in [0.25, 0.3) is 10.9 Å². The molecule has 4 unspecified atom stereocenters. The van der Waals surface area contributed by atoms with Crippen molar-refractivity contribution >= 4 is 65.0 Å². The van der Waals surface area contributed by atoms with Gasteiger partial charge in [0.05, 0.1) is 6.04 Å². The van der Waals surface area contributed by atoms with Gasteiger partial charge in [-0.1, -0.05) is 18.2 Å². The summed E-state index contributed by atoms with van der Waals surface area (Å²) in [5.74, 6) is -4.09. The Labute approximate surface area is 229 Å². The van der Waals surface area contributed by atoms with Gasteiger partial charge in [-0.05, 0) is 36.5 Å². The number of rotatable bonds is 16. The first kappa shape index (κ1) is 31.0. The molecule has 208 valence electrons. The molecular weight excluding hydrogens is 534 g/mol. The van der Waals surface area contributed by atoms with Crippen LogP contribution in [0, 0.1) is 0 Å². The molecule has 0 saturated heterocycles. The van der Waals surface area contributed by atoms with Gasteiger partial charge in [0.2, 0.25) is 17.7 Å². The number of H-pyrrole nitrogens is 1. The van der Waals surface area contributed by atoms with Gasteiger partial charge in [-0.25, -0.2) is 4.79 Å². The molecule has 4 atom stereocenters. The number of amides is 3. The highest BCUT2D eigenvalue weighted by atomic mass is 32.2. The number of carboxylic acids is 2. The number of thioether (sulfide) groups is 1. The molecule has 8 N–H and O–H groups in total. The number of carbonyl (C=O) groups excluding carboxylic acids is 3. The van der Waals surface area contributed by atoms with Crippen LogP contribution >= 0.6 is 24.4 Å². The van der Waals surface area contributed by atoms with E-state index in [0.29, 0.717) is 5.75 Å². The molecule has 0 saturated carbocycles. The molecule has 14 heteroatoms. The fourth-order valence-electron chi connectivity index (χ4n) is 3.65. The molecule has 3 amide bonds. The van der Waals surface area contributed by atoms with Gasteiger partial charge in [-0.3, -0.25) is 19.2 Å². The summed E-state index contributed by atoms with van der Waals surface area (Å²) >= 11 is 5.39. The number of benzene rings is 1. The highest BCUT2D eigenvalue weighted by Gasteiger charge is 2.30. The van der Waals surface area contributed by atoms with Crippen molar-refractivity contribution in [1.82, 2.24) is 20.9 Å². The zero-order chi connectivity index (χ0) is 28.2. The number of hydrogen-bond acceptors (Lipinski definition) is 8. The summed E-state index contributed by atoms with van der Waals surface area (Å²) in [6.45, 7) is 0. The van der Waals surface area contributed by atoms with E-state index in [-0.39, 0.29) is 31.4 Å². The number of aromatic amines is 1. The van der Waals surface area contributed by atoms with Crippen LogP contribution in [-0.4, -0.2) is 86.8 Å². The molecule has 1 aromatic heterocycles. The molecule has 0 fully saturated rings. The van der Waals surface area contributed by atoms with E-state index >= 15 is 0 Å². The average Bonchev–Trinajstić information content (AvgIpc) is 3.29. The molecule has 0 aliphatic heterocycles. The van der Waals surface area contributed by atoms with Crippen molar-refractivity contribution in [1.29, 1.82) is 0 Å². The lowest BCUT2D eigenvalue weighted by Gasteiger charge is -2.25. The zero-order valence-electron chi connectivity index (χ0n) is 20.8. The minimum atomic E-state index is -1.26. The third-order valence-corrected chi connectivity index (χ3v) is 6.79. The standard InChI is InChI=1S/C24H33N5O7S2/c1-38-9-8-17(22(33)29-19(12-37)24(35)36)27-23(34)18(28-21(32)15(25)6-7-20(30)31)10-13-11-26-16-5-3-2-4-14(13)16/h2-5,11,15,17-19,26,37H,6-10,12,25H2,1H3,(H,27,34)(H,28,32)(H,29,33)(H,30,31)(H,35,36). The van der Waals surface area contributed by atoms with Crippen LogP contribution in [0.15, 0.2) is 30.5 Å². The molecule has 1 heterocycles. The summed E-state index contributed by atoms with van der Waals surface area (Å²) < 4.78 is 0. The highest BCUT2D eigenvalue weighted by Crippen LogP contribution is 2.19. The molecule has 1 aromatic carbocycles. The van der Waals surface area contributed by atoms with Gasteiger partial charge in [0.25, 0.3) is 0 Å². The molecule has 38 heavy (non-hydrogen) atoms. The van der Waals surface area contributed by atoms with Crippen molar-refractivity contribution in [2.75, 3.05) is 17.8 Å². The summed E-state index contributed by atoms with van der Waals surface area (Å²) in [6.07, 6.45) is 3.36. The van der Waals surface area contributed by atoms with E-state index in [0.717, 1.165) is 16.5 Å². The Kier molecular flexibility index (Phi) is 12.4. The first-order chi connectivity index (χ1) is 18.1. The number of carbonyl (C=O) groups is 5. The molecule has 2 aromatic rings. The monoisotopic (exact) mass is 567 g/mol. The molecule has 12 nitrogen and oxygen atoms in total. The van der Waals surface area contributed by atoms with E-state index in [2.05, 4.69) is 33.6 Å². The second-order valence-corrected chi connectivity index (χ2v) is 9.94. The Balaban J connectivity index is 2.27. The molecule has 0 aliphatic rings. The van der Waals surface area contributed by atoms with Crippen LogP contribution in [0.3, 0.4) is 0 Å². The number of thiol groups is 1. The summed E-state index contributed by atoms with van der Waals surface area (Å²) in [7, 11) is 0. The largest absolute Gasteiger partial charge is 0.481 e. The van der Waals surface area contributed by atoms with E-state index in [1.165, 1.54) is 11.8 Å². The minimum Gasteiger partial charge on any atom is -0.481 e. The number of nitrogens with one attached hydrogen (secondary N) is 4. The molecule has 0 radical (unpaired) electrons. The van der Waals surface area contributed by atoms with Gasteiger partial charge in [0, 0.05) is 35.7 Å². The number of carboxylic acid groups (broad SMARTS) is 2. The smallest absolute Gasteiger partial charge is 0.327 e. The normalized spacial score (nSPS) is 14.2. The Hall–Kier alpha value is -3.23. The summed E-state index contributed by atoms with van der Waals surface area (Å²) in [4.78, 5) is 64.3. The van der Waals surface area contributed by atoms with Gasteiger partial charge >= 0.3 is 11.9 Å². The van der Waals surface area contributed by atoms with Crippen molar-refractivity contribution in [3.05, 3.63) is 36.0 Å². The number of nitrogens with two attached hydrogens (primary N) is 1. The molecule has 2 rings (SSSR count). The summed E-state index contributed by atoms with van der Waals surface area (Å²) in [6, 6.07) is 2.77. The number of fused-ring (bicyclic) bond motifs is 1. The Bertz CT molecular complexity index is 1140. The molecular formula is C24H33N5O7S2. The van der Waals surface area contributed by atoms with Crippen LogP contribution in [-0.2, 0) is 30.4 Å². The third-order valence-electron chi connectivity index (χ3n) is 5.78. The van der Waals surface area contributed by atoms with Crippen LogP contribution < -0.4 is 21.7 Å². The second-order valence-electron chi connectivity index (χ2n) is 8.59. The predicted molar refractivity (Wildman–Crippen MR) is 147 cm³/mol. The Morgan fingerprint density at radius 1 is 0.974 bits per heavy atom. The van der Waals surface area contributed by atoms with Crippen LogP contribution in [0.2, 0.25) is 0 Å².